The van der Waals surface area contributed by atoms with Gasteiger partial charge in [-0.05, 0) is 4.57 Å². The maximum Gasteiger partial charge on any atom is 0.491 e. The van der Waals surface area contributed by atoms with Gasteiger partial charge in [0.1, 0.15) is 0 Å². The van der Waals surface area contributed by atoms with Crippen LogP contribution in [0.2, 0.25) is 0 Å². The summed E-state index contributed by atoms with van der Waals surface area (Å²) in [7, 11) is -3.79. The molecule has 0 saturated heterocycles. The Morgan fingerprint density at radius 3 is 0.909 bits per heavy atom. The first-order valence-electron chi connectivity index (χ1n) is 1.03. The van der Waals surface area contributed by atoms with Gasteiger partial charge in [-0.25, -0.2) is 0 Å². The summed E-state index contributed by atoms with van der Waals surface area (Å²) in [4.78, 5) is 28.7. The van der Waals surface area contributed by atoms with E-state index in [1.165, 1.54) is 0 Å². The Hall–Kier alpha value is 0.210. The minimum atomic E-state index is -2.62. The van der Waals surface area contributed by atoms with Crippen LogP contribution < -0.4 is 24.6 Å². The first-order chi connectivity index (χ1) is 3.15. The average molecular weight is 215 g/mol. The molecule has 0 saturated carbocycles. The quantitative estimate of drug-likeness (QED) is 0.248. The van der Waals surface area contributed by atoms with E-state index in [4.69, 9.17) is 24.1 Å². The van der Waals surface area contributed by atoms with Crippen molar-refractivity contribution < 1.29 is 24.1 Å². The summed E-state index contributed by atoms with van der Waals surface area (Å²) in [6.45, 7) is 0. The summed E-state index contributed by atoms with van der Waals surface area (Å²) in [5.74, 6) is 0. The van der Waals surface area contributed by atoms with Crippen molar-refractivity contribution in [2.45, 2.75) is 0 Å². The van der Waals surface area contributed by atoms with E-state index in [1.807, 2.05) is 0 Å². The van der Waals surface area contributed by atoms with Crippen molar-refractivity contribution in [1.29, 1.82) is 0 Å². The van der Waals surface area contributed by atoms with E-state index in [0.29, 0.717) is 0 Å². The molecule has 0 spiro atoms. The Bertz CT molecular complexity index is 40.7. The van der Waals surface area contributed by atoms with Gasteiger partial charge < -0.3 is 39.3 Å². The van der Waals surface area contributed by atoms with Crippen molar-refractivity contribution >= 4 is 17.3 Å². The minimum absolute atomic E-state index is 0. The van der Waals surface area contributed by atoms with Gasteiger partial charge in [-0.2, -0.15) is 4.89 Å². The summed E-state index contributed by atoms with van der Waals surface area (Å²) >= 11 is 0. The molecule has 0 aromatic carbocycles. The number of hydrogen-bond acceptors (Lipinski definition) is 8. The highest BCUT2D eigenvalue weighted by Crippen LogP contribution is 2.11. The summed E-state index contributed by atoms with van der Waals surface area (Å²) < 4.78 is 8.51. The predicted octanol–water partition coefficient (Wildman–Crippen LogP) is -0.244. The lowest BCUT2D eigenvalue weighted by Crippen LogP contribution is -1.54. The first kappa shape index (κ1) is 43.1. The van der Waals surface area contributed by atoms with Gasteiger partial charge in [-0.3, -0.25) is 0 Å². The average Bonchev–Trinajstić information content (AvgIpc) is 1.33. The fourth-order valence-corrected chi connectivity index (χ4v) is 0. The van der Waals surface area contributed by atoms with E-state index in [1.54, 1.807) is 0 Å². The predicted molar refractivity (Wildman–Crippen MR) is 44.9 cm³/mol. The van der Waals surface area contributed by atoms with Crippen LogP contribution in [0.25, 0.3) is 0 Å². The maximum atomic E-state index is 8.51. The molecule has 0 rings (SSSR count). The maximum absolute atomic E-state index is 8.51. The molecule has 76 valence electrons. The zero-order valence-electron chi connectivity index (χ0n) is 5.97. The fourth-order valence-electron chi connectivity index (χ4n) is 0. The Morgan fingerprint density at radius 2 is 0.909 bits per heavy atom. The van der Waals surface area contributed by atoms with Crippen molar-refractivity contribution in [3.05, 3.63) is 0 Å². The molecule has 1 unspecified atom stereocenters. The molecule has 0 aliphatic rings. The summed E-state index contributed by atoms with van der Waals surface area (Å²) in [5.41, 5.74) is 0. The molecule has 0 fully saturated rings. The van der Waals surface area contributed by atoms with Crippen LogP contribution in [0.15, 0.2) is 0 Å². The summed E-state index contributed by atoms with van der Waals surface area (Å²) in [6.07, 6.45) is 0. The number of hydrogen-bond donors (Lipinski definition) is 8. The van der Waals surface area contributed by atoms with Gasteiger partial charge in [0.05, 0.1) is 0 Å². The number of rotatable bonds is 0. The Labute approximate surface area is 67.1 Å². The second-order valence-corrected chi connectivity index (χ2v) is 1.08. The van der Waals surface area contributed by atoms with Crippen molar-refractivity contribution in [3.8, 4) is 0 Å². The topological polar surface area (TPSA) is 238 Å². The molecule has 16 N–H and O–H groups in total. The Morgan fingerprint density at radius 1 is 0.909 bits per heavy atom. The largest absolute Gasteiger partial charge is 0.491 e. The lowest BCUT2D eigenvalue weighted by Gasteiger charge is -1.76. The van der Waals surface area contributed by atoms with Gasteiger partial charge in [0.15, 0.2) is 0 Å². The fraction of sp³-hybridized carbons (Fsp3) is 0. The highest BCUT2D eigenvalue weighted by molar-refractivity contribution is 7.38. The van der Waals surface area contributed by atoms with Crippen LogP contribution in [-0.2, 0) is 4.57 Å². The van der Waals surface area contributed by atoms with Crippen molar-refractivity contribution in [3.63, 3.8) is 0 Å². The highest BCUT2D eigenvalue weighted by atomic mass is 31.2. The SMILES string of the molecule is N.N.N.N.O=[PH+]O.OP(O)O. The van der Waals surface area contributed by atoms with Crippen molar-refractivity contribution in [2.24, 2.45) is 0 Å². The third-order valence-corrected chi connectivity index (χ3v) is 0. The molecule has 1 atom stereocenters. The molecule has 0 bridgehead atoms. The normalized spacial score (nSPS) is 5.18. The van der Waals surface area contributed by atoms with Crippen LogP contribution in [0.4, 0.5) is 0 Å². The molecular formula is H17N4O5P2+. The third-order valence-electron chi connectivity index (χ3n) is 0. The molecule has 0 radical (unpaired) electrons. The van der Waals surface area contributed by atoms with E-state index in [0.717, 1.165) is 0 Å². The zero-order chi connectivity index (χ0) is 6.28. The molecule has 0 aliphatic heterocycles. The van der Waals surface area contributed by atoms with Gasteiger partial charge in [-0.15, -0.1) is 0 Å². The molecule has 9 nitrogen and oxygen atoms in total. The van der Waals surface area contributed by atoms with Crippen molar-refractivity contribution in [1.82, 2.24) is 24.6 Å². The summed E-state index contributed by atoms with van der Waals surface area (Å²) in [5, 5.41) is 0. The lowest BCUT2D eigenvalue weighted by atomic mass is 14.0. The van der Waals surface area contributed by atoms with Gasteiger partial charge >= 0.3 is 17.3 Å². The molecule has 11 heteroatoms. The molecule has 11 heavy (non-hydrogen) atoms. The van der Waals surface area contributed by atoms with Crippen molar-refractivity contribution in [2.75, 3.05) is 0 Å². The first-order valence-corrected chi connectivity index (χ1v) is 3.08. The van der Waals surface area contributed by atoms with Gasteiger partial charge in [0.2, 0.25) is 0 Å². The zero-order valence-corrected chi connectivity index (χ0v) is 7.87. The van der Waals surface area contributed by atoms with E-state index < -0.39 is 17.3 Å². The molecule has 0 aromatic heterocycles. The van der Waals surface area contributed by atoms with Crippen LogP contribution in [-0.4, -0.2) is 19.6 Å². The van der Waals surface area contributed by atoms with Crippen LogP contribution >= 0.6 is 17.3 Å². The molecule has 0 heterocycles. The monoisotopic (exact) mass is 215 g/mol. The Kier molecular flexibility index (Phi) is 191. The van der Waals surface area contributed by atoms with Gasteiger partial charge in [0, 0.05) is 0 Å². The third kappa shape index (κ3) is 15600. The summed E-state index contributed by atoms with van der Waals surface area (Å²) in [6, 6.07) is 0. The molecular weight excluding hydrogens is 198 g/mol. The standard InChI is InChI=1S/4H3N.H3O3P.HO2P/c;;;;1-4(2)3;1-3-2/h4*1H3;1-3H;3H/p+1. The molecule has 0 amide bonds. The molecule has 0 aromatic rings. The van der Waals surface area contributed by atoms with Crippen LogP contribution in [0, 0.1) is 0 Å². The highest BCUT2D eigenvalue weighted by Gasteiger charge is 1.76. The lowest BCUT2D eigenvalue weighted by molar-refractivity contribution is 0.368. The van der Waals surface area contributed by atoms with Gasteiger partial charge in [0.25, 0.3) is 0 Å². The van der Waals surface area contributed by atoms with E-state index in [-0.39, 0.29) is 24.6 Å². The van der Waals surface area contributed by atoms with E-state index >= 15 is 0 Å². The Balaban J connectivity index is -0.00000000848. The van der Waals surface area contributed by atoms with Gasteiger partial charge in [-0.1, -0.05) is 0 Å². The van der Waals surface area contributed by atoms with E-state index in [9.17, 15) is 0 Å². The minimum Gasteiger partial charge on any atom is -0.344 e. The second kappa shape index (κ2) is 48.9. The second-order valence-electron chi connectivity index (χ2n) is 0.360. The van der Waals surface area contributed by atoms with E-state index in [2.05, 4.69) is 0 Å². The van der Waals surface area contributed by atoms with Crippen LogP contribution in [0.5, 0.6) is 0 Å². The van der Waals surface area contributed by atoms with Crippen LogP contribution in [0.3, 0.4) is 0 Å². The molecule has 0 aliphatic carbocycles. The van der Waals surface area contributed by atoms with Crippen LogP contribution in [0.1, 0.15) is 0 Å². The smallest absolute Gasteiger partial charge is 0.344 e.